The molecule has 0 saturated carbocycles. The molecule has 0 amide bonds. The van der Waals surface area contributed by atoms with Crippen LogP contribution in [0.25, 0.3) is 0 Å². The molecule has 0 aliphatic rings. The molecular formula is C35H50O4Si. The quantitative estimate of drug-likeness (QED) is 0.196. The molecule has 4 nitrogen and oxygen atoms in total. The summed E-state index contributed by atoms with van der Waals surface area (Å²) >= 11 is 0. The highest BCUT2D eigenvalue weighted by molar-refractivity contribution is 6.99. The van der Waals surface area contributed by atoms with Gasteiger partial charge in [-0.15, -0.1) is 0 Å². The van der Waals surface area contributed by atoms with Gasteiger partial charge in [-0.3, -0.25) is 0 Å². The summed E-state index contributed by atoms with van der Waals surface area (Å²) in [5, 5.41) is 23.4. The molecular weight excluding hydrogens is 512 g/mol. The van der Waals surface area contributed by atoms with E-state index in [1.54, 1.807) is 0 Å². The van der Waals surface area contributed by atoms with E-state index in [1.807, 2.05) is 37.3 Å². The molecule has 0 fully saturated rings. The van der Waals surface area contributed by atoms with E-state index in [4.69, 9.17) is 9.16 Å². The van der Waals surface area contributed by atoms with Crippen LogP contribution in [0, 0.1) is 5.92 Å². The van der Waals surface area contributed by atoms with Crippen LogP contribution in [0.5, 0.6) is 0 Å². The Bertz CT molecular complexity index is 1060. The Hall–Kier alpha value is -2.28. The van der Waals surface area contributed by atoms with Gasteiger partial charge in [-0.25, -0.2) is 0 Å². The van der Waals surface area contributed by atoms with Crippen molar-refractivity contribution in [3.05, 3.63) is 96.6 Å². The lowest BCUT2D eigenvalue weighted by molar-refractivity contribution is -0.115. The van der Waals surface area contributed by atoms with Crippen molar-refractivity contribution in [1.82, 2.24) is 0 Å². The van der Waals surface area contributed by atoms with Gasteiger partial charge >= 0.3 is 0 Å². The zero-order chi connectivity index (χ0) is 29.1. The van der Waals surface area contributed by atoms with Gasteiger partial charge in [0.1, 0.15) is 0 Å². The third kappa shape index (κ3) is 8.61. The van der Waals surface area contributed by atoms with Gasteiger partial charge in [-0.2, -0.15) is 0 Å². The summed E-state index contributed by atoms with van der Waals surface area (Å²) in [7, 11) is -2.56. The second-order valence-corrected chi connectivity index (χ2v) is 16.8. The van der Waals surface area contributed by atoms with Gasteiger partial charge in [0.05, 0.1) is 18.3 Å². The summed E-state index contributed by atoms with van der Waals surface area (Å²) < 4.78 is 13.3. The number of aliphatic hydroxyl groups excluding tert-OH is 1. The van der Waals surface area contributed by atoms with Gasteiger partial charge in [-0.1, -0.05) is 125 Å². The van der Waals surface area contributed by atoms with E-state index in [2.05, 4.69) is 88.4 Å². The van der Waals surface area contributed by atoms with Crippen molar-refractivity contribution in [2.24, 2.45) is 5.92 Å². The van der Waals surface area contributed by atoms with E-state index in [-0.39, 0.29) is 17.7 Å². The van der Waals surface area contributed by atoms with Crippen LogP contribution in [0.15, 0.2) is 91.0 Å². The second-order valence-electron chi connectivity index (χ2n) is 12.5. The fraction of sp³-hybridized carbons (Fsp3) is 0.486. The summed E-state index contributed by atoms with van der Waals surface area (Å²) in [5.74, 6) is 0.346. The monoisotopic (exact) mass is 562 g/mol. The first kappa shape index (κ1) is 32.2. The van der Waals surface area contributed by atoms with Crippen LogP contribution in [0.2, 0.25) is 5.04 Å². The van der Waals surface area contributed by atoms with Gasteiger partial charge in [-0.05, 0) is 59.5 Å². The van der Waals surface area contributed by atoms with Gasteiger partial charge < -0.3 is 19.4 Å². The lowest BCUT2D eigenvalue weighted by Gasteiger charge is -2.43. The lowest BCUT2D eigenvalue weighted by Crippen LogP contribution is -2.66. The molecule has 0 aromatic heterocycles. The zero-order valence-electron chi connectivity index (χ0n) is 25.2. The van der Waals surface area contributed by atoms with Crippen LogP contribution in [0.1, 0.15) is 72.3 Å². The molecule has 5 heteroatoms. The van der Waals surface area contributed by atoms with Crippen LogP contribution in [0.3, 0.4) is 0 Å². The van der Waals surface area contributed by atoms with E-state index in [0.717, 1.165) is 18.4 Å². The molecule has 0 bridgehead atoms. The maximum Gasteiger partial charge on any atom is 0.261 e. The van der Waals surface area contributed by atoms with Crippen molar-refractivity contribution in [2.75, 3.05) is 13.2 Å². The molecule has 3 rings (SSSR count). The largest absolute Gasteiger partial charge is 0.407 e. The van der Waals surface area contributed by atoms with Crippen molar-refractivity contribution >= 4 is 18.7 Å². The Balaban J connectivity index is 1.65. The van der Waals surface area contributed by atoms with E-state index >= 15 is 0 Å². The predicted octanol–water partition coefficient (Wildman–Crippen LogP) is 6.48. The van der Waals surface area contributed by atoms with Gasteiger partial charge in [0.2, 0.25) is 0 Å². The van der Waals surface area contributed by atoms with E-state index < -0.39 is 13.9 Å². The molecule has 0 aliphatic heterocycles. The Labute approximate surface area is 243 Å². The molecule has 40 heavy (non-hydrogen) atoms. The van der Waals surface area contributed by atoms with Crippen molar-refractivity contribution < 1.29 is 19.4 Å². The summed E-state index contributed by atoms with van der Waals surface area (Å²) in [4.78, 5) is 0. The molecule has 1 unspecified atom stereocenters. The maximum absolute atomic E-state index is 11.4. The molecule has 0 saturated heterocycles. The van der Waals surface area contributed by atoms with Crippen LogP contribution >= 0.6 is 0 Å². The first-order valence-electron chi connectivity index (χ1n) is 14.8. The Morgan fingerprint density at radius 1 is 0.750 bits per heavy atom. The molecule has 0 spiro atoms. The average Bonchev–Trinajstić information content (AvgIpc) is 2.94. The average molecular weight is 563 g/mol. The minimum Gasteiger partial charge on any atom is -0.407 e. The molecule has 0 heterocycles. The zero-order valence-corrected chi connectivity index (χ0v) is 26.2. The standard InChI is InChI=1S/C35H50O4Si/c1-29(17-15-25-35(5,37)33(24-16-26-36)38-28-30-18-9-6-10-19-30)27-39-40(34(2,3)4,31-20-11-7-12-21-31)32-22-13-8-14-23-32/h6-14,18-23,29,33,36-37H,15-17,24-28H2,1-5H3/t29?,33-,35+/m1/s1. The van der Waals surface area contributed by atoms with Crippen LogP contribution in [0.4, 0.5) is 0 Å². The minimum absolute atomic E-state index is 0.0465. The highest BCUT2D eigenvalue weighted by Gasteiger charge is 2.50. The lowest BCUT2D eigenvalue weighted by atomic mass is 9.88. The highest BCUT2D eigenvalue weighted by Crippen LogP contribution is 2.37. The maximum atomic E-state index is 11.4. The molecule has 2 N–H and O–H groups in total. The normalized spacial score (nSPS) is 15.4. The Morgan fingerprint density at radius 2 is 1.27 bits per heavy atom. The summed E-state index contributed by atoms with van der Waals surface area (Å²) in [5.41, 5.74) is 0.115. The molecule has 0 aliphatic carbocycles. The molecule has 3 aromatic carbocycles. The SMILES string of the molecule is CC(CCC[C@](C)(O)[C@@H](CCCO)OCc1ccccc1)CO[Si](c1ccccc1)(c1ccccc1)C(C)(C)C. The second kappa shape index (κ2) is 15.1. The smallest absolute Gasteiger partial charge is 0.261 e. The number of rotatable bonds is 16. The number of hydrogen-bond acceptors (Lipinski definition) is 4. The van der Waals surface area contributed by atoms with Gasteiger partial charge in [0.15, 0.2) is 0 Å². The van der Waals surface area contributed by atoms with E-state index in [0.29, 0.717) is 38.4 Å². The van der Waals surface area contributed by atoms with Crippen molar-refractivity contribution in [2.45, 2.75) is 90.1 Å². The Morgan fingerprint density at radius 3 is 1.77 bits per heavy atom. The molecule has 3 aromatic rings. The molecule has 0 radical (unpaired) electrons. The number of aliphatic hydroxyl groups is 2. The van der Waals surface area contributed by atoms with Gasteiger partial charge in [0.25, 0.3) is 8.32 Å². The van der Waals surface area contributed by atoms with Gasteiger partial charge in [0, 0.05) is 13.2 Å². The number of ether oxygens (including phenoxy) is 1. The molecule has 3 atom stereocenters. The topological polar surface area (TPSA) is 58.9 Å². The first-order chi connectivity index (χ1) is 19.1. The highest BCUT2D eigenvalue weighted by atomic mass is 28.4. The van der Waals surface area contributed by atoms with Crippen LogP contribution in [-0.2, 0) is 15.8 Å². The van der Waals surface area contributed by atoms with Crippen LogP contribution in [-0.4, -0.2) is 43.4 Å². The summed E-state index contributed by atoms with van der Waals surface area (Å²) in [6, 6.07) is 31.6. The van der Waals surface area contributed by atoms with Crippen molar-refractivity contribution in [3.63, 3.8) is 0 Å². The third-order valence-electron chi connectivity index (χ3n) is 7.99. The van der Waals surface area contributed by atoms with Crippen molar-refractivity contribution in [1.29, 1.82) is 0 Å². The van der Waals surface area contributed by atoms with Crippen molar-refractivity contribution in [3.8, 4) is 0 Å². The predicted molar refractivity (Wildman–Crippen MR) is 169 cm³/mol. The summed E-state index contributed by atoms with van der Waals surface area (Å²) in [6.45, 7) is 12.3. The third-order valence-corrected chi connectivity index (χ3v) is 13.0. The minimum atomic E-state index is -2.56. The number of hydrogen-bond donors (Lipinski definition) is 2. The molecule has 218 valence electrons. The summed E-state index contributed by atoms with van der Waals surface area (Å²) in [6.07, 6.45) is 3.38. The van der Waals surface area contributed by atoms with E-state index in [1.165, 1.54) is 10.4 Å². The van der Waals surface area contributed by atoms with E-state index in [9.17, 15) is 10.2 Å². The Kier molecular flexibility index (Phi) is 12.2. The fourth-order valence-electron chi connectivity index (χ4n) is 5.70. The van der Waals surface area contributed by atoms with Crippen LogP contribution < -0.4 is 10.4 Å². The number of benzene rings is 3. The first-order valence-corrected chi connectivity index (χ1v) is 16.7. The fourth-order valence-corrected chi connectivity index (χ4v) is 10.4.